The van der Waals surface area contributed by atoms with Gasteiger partial charge in [-0.2, -0.15) is 5.10 Å². The number of nitrogens with one attached hydrogen (secondary N) is 1. The average molecular weight is 286 g/mol. The van der Waals surface area contributed by atoms with Crippen molar-refractivity contribution in [1.82, 2.24) is 20.1 Å². The molecule has 21 heavy (non-hydrogen) atoms. The predicted octanol–water partition coefficient (Wildman–Crippen LogP) is 2.44. The molecule has 3 rings (SSSR count). The lowest BCUT2D eigenvalue weighted by atomic mass is 10.1. The van der Waals surface area contributed by atoms with Crippen molar-refractivity contribution in [2.75, 3.05) is 0 Å². The maximum atomic E-state index is 6.04. The summed E-state index contributed by atoms with van der Waals surface area (Å²) in [6.07, 6.45) is 4.17. The molecule has 2 aromatic rings. The number of nitrogens with zero attached hydrogens (tertiary/aromatic N) is 3. The highest BCUT2D eigenvalue weighted by Crippen LogP contribution is 2.26. The van der Waals surface area contributed by atoms with Gasteiger partial charge in [0.05, 0.1) is 0 Å². The van der Waals surface area contributed by atoms with E-state index in [2.05, 4.69) is 47.4 Å². The molecular weight excluding hydrogens is 264 g/mol. The summed E-state index contributed by atoms with van der Waals surface area (Å²) < 4.78 is 7.91. The number of rotatable bonds is 7. The van der Waals surface area contributed by atoms with Crippen molar-refractivity contribution < 1.29 is 4.74 Å². The Balaban J connectivity index is 1.70. The lowest BCUT2D eigenvalue weighted by Crippen LogP contribution is -2.16. The molecular formula is C16H22N4O. The molecule has 112 valence electrons. The Hall–Kier alpha value is -1.88. The average Bonchev–Trinajstić information content (AvgIpc) is 3.21. The Morgan fingerprint density at radius 3 is 3.00 bits per heavy atom. The molecule has 1 N–H and O–H groups in total. The van der Waals surface area contributed by atoms with Crippen LogP contribution in [0.3, 0.4) is 0 Å². The number of hydrogen-bond acceptors (Lipinski definition) is 4. The van der Waals surface area contributed by atoms with E-state index in [4.69, 9.17) is 4.74 Å². The van der Waals surface area contributed by atoms with Crippen LogP contribution in [0.15, 0.2) is 24.5 Å². The van der Waals surface area contributed by atoms with Crippen molar-refractivity contribution in [2.24, 2.45) is 0 Å². The van der Waals surface area contributed by atoms with Crippen LogP contribution in [-0.2, 0) is 19.7 Å². The number of ether oxygens (including phenoxy) is 1. The lowest BCUT2D eigenvalue weighted by Gasteiger charge is -2.14. The van der Waals surface area contributed by atoms with Crippen molar-refractivity contribution in [3.8, 4) is 5.75 Å². The number of para-hydroxylation sites is 1. The first-order valence-corrected chi connectivity index (χ1v) is 7.59. The van der Waals surface area contributed by atoms with E-state index in [0.29, 0.717) is 12.6 Å². The molecule has 1 aliphatic rings. The molecule has 0 spiro atoms. The van der Waals surface area contributed by atoms with Gasteiger partial charge < -0.3 is 10.1 Å². The van der Waals surface area contributed by atoms with Crippen molar-refractivity contribution >= 4 is 0 Å². The van der Waals surface area contributed by atoms with Crippen LogP contribution in [0.4, 0.5) is 0 Å². The third-order valence-corrected chi connectivity index (χ3v) is 3.79. The third kappa shape index (κ3) is 3.42. The molecule has 1 aromatic carbocycles. The van der Waals surface area contributed by atoms with Crippen LogP contribution in [-0.4, -0.2) is 20.8 Å². The van der Waals surface area contributed by atoms with E-state index in [1.54, 1.807) is 6.33 Å². The first kappa shape index (κ1) is 14.1. The molecule has 1 aromatic heterocycles. The molecule has 0 atom stereocenters. The van der Waals surface area contributed by atoms with Crippen LogP contribution in [0.2, 0.25) is 0 Å². The fourth-order valence-corrected chi connectivity index (χ4v) is 2.40. The minimum absolute atomic E-state index is 0.453. The number of aryl methyl sites for hydroxylation is 2. The van der Waals surface area contributed by atoms with E-state index in [0.717, 1.165) is 30.2 Å². The van der Waals surface area contributed by atoms with Gasteiger partial charge in [-0.25, -0.2) is 9.67 Å². The zero-order valence-corrected chi connectivity index (χ0v) is 12.7. The molecule has 1 aliphatic carbocycles. The Kier molecular flexibility index (Phi) is 4.20. The molecule has 5 heteroatoms. The Morgan fingerprint density at radius 2 is 2.24 bits per heavy atom. The van der Waals surface area contributed by atoms with Gasteiger partial charge in [-0.15, -0.1) is 0 Å². The van der Waals surface area contributed by atoms with Crippen LogP contribution in [0, 0.1) is 6.92 Å². The Labute approximate surface area is 125 Å². The van der Waals surface area contributed by atoms with Gasteiger partial charge in [0.1, 0.15) is 18.7 Å². The quantitative estimate of drug-likeness (QED) is 0.849. The SMILES string of the molecule is CCn1ncnc1COc1c(C)cccc1CNC1CC1. The Bertz CT molecular complexity index is 604. The summed E-state index contributed by atoms with van der Waals surface area (Å²) in [5.74, 6) is 1.83. The van der Waals surface area contributed by atoms with Crippen LogP contribution in [0.25, 0.3) is 0 Å². The fraction of sp³-hybridized carbons (Fsp3) is 0.500. The van der Waals surface area contributed by atoms with Crippen molar-refractivity contribution in [1.29, 1.82) is 0 Å². The van der Waals surface area contributed by atoms with Gasteiger partial charge in [0.25, 0.3) is 0 Å². The topological polar surface area (TPSA) is 52.0 Å². The zero-order valence-electron chi connectivity index (χ0n) is 12.7. The first-order chi connectivity index (χ1) is 10.3. The van der Waals surface area contributed by atoms with Gasteiger partial charge in [-0.3, -0.25) is 0 Å². The maximum absolute atomic E-state index is 6.04. The summed E-state index contributed by atoms with van der Waals surface area (Å²) in [6.45, 7) is 6.26. The van der Waals surface area contributed by atoms with Gasteiger partial charge in [0.15, 0.2) is 5.82 Å². The summed E-state index contributed by atoms with van der Waals surface area (Å²) in [7, 11) is 0. The second-order valence-corrected chi connectivity index (χ2v) is 5.50. The lowest BCUT2D eigenvalue weighted by molar-refractivity contribution is 0.282. The van der Waals surface area contributed by atoms with Gasteiger partial charge in [0.2, 0.25) is 0 Å². The van der Waals surface area contributed by atoms with E-state index in [-0.39, 0.29) is 0 Å². The van der Waals surface area contributed by atoms with Crippen molar-refractivity contribution in [3.63, 3.8) is 0 Å². The molecule has 5 nitrogen and oxygen atoms in total. The van der Waals surface area contributed by atoms with E-state index < -0.39 is 0 Å². The summed E-state index contributed by atoms with van der Waals surface area (Å²) in [6, 6.07) is 6.99. The highest BCUT2D eigenvalue weighted by atomic mass is 16.5. The predicted molar refractivity (Wildman–Crippen MR) is 81.1 cm³/mol. The van der Waals surface area contributed by atoms with E-state index in [9.17, 15) is 0 Å². The molecule has 1 fully saturated rings. The monoisotopic (exact) mass is 286 g/mol. The fourth-order valence-electron chi connectivity index (χ4n) is 2.40. The van der Waals surface area contributed by atoms with Crippen LogP contribution in [0.5, 0.6) is 5.75 Å². The second kappa shape index (κ2) is 6.26. The molecule has 1 heterocycles. The van der Waals surface area contributed by atoms with Crippen LogP contribution < -0.4 is 10.1 Å². The minimum atomic E-state index is 0.453. The van der Waals surface area contributed by atoms with Gasteiger partial charge in [-0.05, 0) is 32.3 Å². The summed E-state index contributed by atoms with van der Waals surface area (Å²) in [5, 5.41) is 7.72. The number of hydrogen-bond donors (Lipinski definition) is 1. The summed E-state index contributed by atoms with van der Waals surface area (Å²) in [5.41, 5.74) is 2.37. The van der Waals surface area contributed by atoms with E-state index in [1.165, 1.54) is 18.4 Å². The molecule has 0 radical (unpaired) electrons. The standard InChI is InChI=1S/C16H22N4O/c1-3-20-15(18-11-19-20)10-21-16-12(2)5-4-6-13(16)9-17-14-7-8-14/h4-6,11,14,17H,3,7-10H2,1-2H3. The summed E-state index contributed by atoms with van der Waals surface area (Å²) >= 11 is 0. The van der Waals surface area contributed by atoms with E-state index in [1.807, 2.05) is 4.68 Å². The zero-order chi connectivity index (χ0) is 14.7. The van der Waals surface area contributed by atoms with Crippen LogP contribution in [0.1, 0.15) is 36.7 Å². The molecule has 1 saturated carbocycles. The third-order valence-electron chi connectivity index (χ3n) is 3.79. The first-order valence-electron chi connectivity index (χ1n) is 7.59. The smallest absolute Gasteiger partial charge is 0.164 e. The molecule has 0 saturated heterocycles. The summed E-state index contributed by atoms with van der Waals surface area (Å²) in [4.78, 5) is 4.26. The highest BCUT2D eigenvalue weighted by molar-refractivity contribution is 5.40. The maximum Gasteiger partial charge on any atom is 0.164 e. The number of aromatic nitrogens is 3. The molecule has 0 amide bonds. The largest absolute Gasteiger partial charge is 0.485 e. The molecule has 0 aliphatic heterocycles. The van der Waals surface area contributed by atoms with Crippen LogP contribution >= 0.6 is 0 Å². The molecule has 0 bridgehead atoms. The van der Waals surface area contributed by atoms with Crippen molar-refractivity contribution in [3.05, 3.63) is 41.5 Å². The van der Waals surface area contributed by atoms with Gasteiger partial charge in [-0.1, -0.05) is 18.2 Å². The molecule has 0 unspecified atom stereocenters. The normalized spacial score (nSPS) is 14.4. The van der Waals surface area contributed by atoms with Gasteiger partial charge in [0, 0.05) is 24.7 Å². The minimum Gasteiger partial charge on any atom is -0.485 e. The van der Waals surface area contributed by atoms with Crippen molar-refractivity contribution in [2.45, 2.75) is 52.4 Å². The van der Waals surface area contributed by atoms with Gasteiger partial charge >= 0.3 is 0 Å². The Morgan fingerprint density at radius 1 is 1.38 bits per heavy atom. The highest BCUT2D eigenvalue weighted by Gasteiger charge is 2.21. The van der Waals surface area contributed by atoms with E-state index >= 15 is 0 Å². The second-order valence-electron chi connectivity index (χ2n) is 5.50. The number of benzene rings is 1.